The van der Waals surface area contributed by atoms with Crippen molar-refractivity contribution < 1.29 is 22.7 Å². The van der Waals surface area contributed by atoms with E-state index in [-0.39, 0.29) is 11.7 Å². The van der Waals surface area contributed by atoms with Gasteiger partial charge in [-0.15, -0.1) is 0 Å². The number of carbonyl (C=O) groups excluding carboxylic acids is 1. The Morgan fingerprint density at radius 2 is 1.63 bits per heavy atom. The van der Waals surface area contributed by atoms with Crippen LogP contribution in [0.15, 0.2) is 109 Å². The largest absolute Gasteiger partial charge is 0.489 e. The van der Waals surface area contributed by atoms with Gasteiger partial charge in [-0.3, -0.25) is 4.79 Å². The minimum Gasteiger partial charge on any atom is -0.489 e. The molecule has 46 heavy (non-hydrogen) atoms. The Morgan fingerprint density at radius 3 is 2.35 bits per heavy atom. The first-order chi connectivity index (χ1) is 22.3. The summed E-state index contributed by atoms with van der Waals surface area (Å²) in [5.74, 6) is 0.700. The highest BCUT2D eigenvalue weighted by Crippen LogP contribution is 2.32. The third kappa shape index (κ3) is 7.66. The van der Waals surface area contributed by atoms with Crippen LogP contribution in [0.5, 0.6) is 5.75 Å². The molecule has 1 heterocycles. The highest BCUT2D eigenvalue weighted by atomic mass is 19.4. The zero-order chi connectivity index (χ0) is 32.1. The molecule has 1 fully saturated rings. The van der Waals surface area contributed by atoms with Gasteiger partial charge < -0.3 is 15.4 Å². The molecule has 0 aliphatic heterocycles. The molecule has 6 nitrogen and oxygen atoms in total. The molecule has 6 rings (SSSR count). The number of hydrogen-bond donors (Lipinski definition) is 2. The lowest BCUT2D eigenvalue weighted by Gasteiger charge is -2.21. The average Bonchev–Trinajstić information content (AvgIpc) is 3.78. The topological polar surface area (TPSA) is 68.2 Å². The standard InChI is InChI=1S/C37H35F3N4O2/c1-2-25-10-6-13-31(20-25)44-33(22-34(43-44)37(38,39)40)36(45)42-30-12-7-11-29(21-30)35(41-23-26-14-15-26)28-16-18-32(19-17-28)46-24-27-8-4-3-5-9-27/h3-13,16-22,26,35,41H,2,14-15,23-24H2,1H3,(H,42,45). The van der Waals surface area contributed by atoms with E-state index in [1.807, 2.05) is 85.8 Å². The highest BCUT2D eigenvalue weighted by molar-refractivity contribution is 6.03. The van der Waals surface area contributed by atoms with E-state index in [4.69, 9.17) is 4.74 Å². The van der Waals surface area contributed by atoms with Gasteiger partial charge in [0, 0.05) is 11.8 Å². The van der Waals surface area contributed by atoms with Crippen molar-refractivity contribution in [1.29, 1.82) is 0 Å². The van der Waals surface area contributed by atoms with Crippen LogP contribution in [-0.2, 0) is 19.2 Å². The molecular formula is C37H35F3N4O2. The molecule has 0 bridgehead atoms. The molecule has 5 aromatic rings. The Balaban J connectivity index is 1.24. The van der Waals surface area contributed by atoms with E-state index in [1.165, 1.54) is 12.8 Å². The van der Waals surface area contributed by atoms with E-state index in [0.717, 1.165) is 45.3 Å². The summed E-state index contributed by atoms with van der Waals surface area (Å²) in [5, 5.41) is 10.3. The average molecular weight is 625 g/mol. The maximum atomic E-state index is 13.7. The lowest BCUT2D eigenvalue weighted by molar-refractivity contribution is -0.141. The fourth-order valence-corrected chi connectivity index (χ4v) is 5.31. The molecule has 0 saturated heterocycles. The van der Waals surface area contributed by atoms with Crippen molar-refractivity contribution in [3.8, 4) is 11.4 Å². The van der Waals surface area contributed by atoms with E-state index in [2.05, 4.69) is 15.7 Å². The van der Waals surface area contributed by atoms with Crippen LogP contribution in [0.25, 0.3) is 5.69 Å². The second kappa shape index (κ2) is 13.6. The first-order valence-electron chi connectivity index (χ1n) is 15.4. The molecular weight excluding hydrogens is 589 g/mol. The summed E-state index contributed by atoms with van der Waals surface area (Å²) in [4.78, 5) is 13.5. The van der Waals surface area contributed by atoms with Crippen molar-refractivity contribution in [3.63, 3.8) is 0 Å². The van der Waals surface area contributed by atoms with Crippen molar-refractivity contribution in [2.24, 2.45) is 5.92 Å². The van der Waals surface area contributed by atoms with Crippen molar-refractivity contribution >= 4 is 11.6 Å². The summed E-state index contributed by atoms with van der Waals surface area (Å²) in [6.07, 6.45) is -1.63. The van der Waals surface area contributed by atoms with E-state index in [9.17, 15) is 18.0 Å². The van der Waals surface area contributed by atoms with Crippen molar-refractivity contribution in [3.05, 3.63) is 143 Å². The number of rotatable bonds is 12. The molecule has 1 atom stereocenters. The van der Waals surface area contributed by atoms with Crippen LogP contribution in [0.4, 0.5) is 18.9 Å². The molecule has 1 aliphatic carbocycles. The molecule has 1 saturated carbocycles. The number of nitrogens with zero attached hydrogens (tertiary/aromatic N) is 2. The molecule has 9 heteroatoms. The Morgan fingerprint density at radius 1 is 0.891 bits per heavy atom. The minimum atomic E-state index is -4.70. The third-order valence-corrected chi connectivity index (χ3v) is 8.04. The lowest BCUT2D eigenvalue weighted by Crippen LogP contribution is -2.25. The van der Waals surface area contributed by atoms with E-state index in [0.29, 0.717) is 30.3 Å². The number of benzene rings is 4. The number of anilines is 1. The Kier molecular flexibility index (Phi) is 9.21. The number of hydrogen-bond acceptors (Lipinski definition) is 4. The maximum Gasteiger partial charge on any atom is 0.435 e. The van der Waals surface area contributed by atoms with Gasteiger partial charge in [-0.2, -0.15) is 18.3 Å². The van der Waals surface area contributed by atoms with E-state index >= 15 is 0 Å². The molecule has 4 aromatic carbocycles. The molecule has 0 radical (unpaired) electrons. The summed E-state index contributed by atoms with van der Waals surface area (Å²) in [6, 6.07) is 32.9. The maximum absolute atomic E-state index is 13.7. The van der Waals surface area contributed by atoms with Crippen LogP contribution in [0, 0.1) is 5.92 Å². The van der Waals surface area contributed by atoms with Gasteiger partial charge in [0.15, 0.2) is 5.69 Å². The van der Waals surface area contributed by atoms with Crippen LogP contribution in [-0.4, -0.2) is 22.2 Å². The summed E-state index contributed by atoms with van der Waals surface area (Å²) in [7, 11) is 0. The second-order valence-corrected chi connectivity index (χ2v) is 11.6. The minimum absolute atomic E-state index is 0.167. The number of halogens is 3. The summed E-state index contributed by atoms with van der Waals surface area (Å²) >= 11 is 0. The van der Waals surface area contributed by atoms with Crippen LogP contribution in [0.2, 0.25) is 0 Å². The van der Waals surface area contributed by atoms with Crippen LogP contribution >= 0.6 is 0 Å². The normalized spacial score (nSPS) is 13.7. The van der Waals surface area contributed by atoms with Gasteiger partial charge in [0.05, 0.1) is 11.7 Å². The van der Waals surface area contributed by atoms with Gasteiger partial charge in [0.25, 0.3) is 5.91 Å². The molecule has 2 N–H and O–H groups in total. The molecule has 1 aliphatic rings. The number of alkyl halides is 3. The predicted octanol–water partition coefficient (Wildman–Crippen LogP) is 8.37. The van der Waals surface area contributed by atoms with Gasteiger partial charge in [-0.25, -0.2) is 4.68 Å². The third-order valence-electron chi connectivity index (χ3n) is 8.04. The number of ether oxygens (including phenoxy) is 1. The van der Waals surface area contributed by atoms with Gasteiger partial charge in [-0.05, 0) is 90.4 Å². The monoisotopic (exact) mass is 624 g/mol. The van der Waals surface area contributed by atoms with Crippen molar-refractivity contribution in [2.75, 3.05) is 11.9 Å². The molecule has 0 spiro atoms. The lowest BCUT2D eigenvalue weighted by atomic mass is 9.97. The Bertz CT molecular complexity index is 1780. The SMILES string of the molecule is CCc1cccc(-n2nc(C(F)(F)F)cc2C(=O)Nc2cccc(C(NCC3CC3)c3ccc(OCc4ccccc4)cc3)c2)c1. The fraction of sp³-hybridized carbons (Fsp3) is 0.243. The molecule has 1 amide bonds. The smallest absolute Gasteiger partial charge is 0.435 e. The molecule has 1 aromatic heterocycles. The number of amides is 1. The van der Waals surface area contributed by atoms with Crippen molar-refractivity contribution in [2.45, 2.75) is 45.0 Å². The van der Waals surface area contributed by atoms with E-state index < -0.39 is 17.8 Å². The number of carbonyl (C=O) groups is 1. The highest BCUT2D eigenvalue weighted by Gasteiger charge is 2.36. The number of nitrogens with one attached hydrogen (secondary N) is 2. The van der Waals surface area contributed by atoms with Crippen LogP contribution < -0.4 is 15.4 Å². The predicted molar refractivity (Wildman–Crippen MR) is 172 cm³/mol. The van der Waals surface area contributed by atoms with Crippen molar-refractivity contribution in [1.82, 2.24) is 15.1 Å². The van der Waals surface area contributed by atoms with E-state index in [1.54, 1.807) is 24.3 Å². The Labute approximate surface area is 266 Å². The second-order valence-electron chi connectivity index (χ2n) is 11.6. The fourth-order valence-electron chi connectivity index (χ4n) is 5.31. The quantitative estimate of drug-likeness (QED) is 0.146. The van der Waals surface area contributed by atoms with Crippen LogP contribution in [0.3, 0.4) is 0 Å². The summed E-state index contributed by atoms with van der Waals surface area (Å²) < 4.78 is 48.1. The zero-order valence-corrected chi connectivity index (χ0v) is 25.4. The Hall–Kier alpha value is -4.89. The number of aryl methyl sites for hydroxylation is 1. The summed E-state index contributed by atoms with van der Waals surface area (Å²) in [5.41, 5.74) is 3.45. The number of aromatic nitrogens is 2. The first kappa shape index (κ1) is 31.1. The van der Waals surface area contributed by atoms with Gasteiger partial charge in [-0.1, -0.05) is 73.7 Å². The molecule has 236 valence electrons. The molecule has 1 unspecified atom stereocenters. The zero-order valence-electron chi connectivity index (χ0n) is 25.4. The van der Waals surface area contributed by atoms with Gasteiger partial charge in [0.2, 0.25) is 0 Å². The van der Waals surface area contributed by atoms with Gasteiger partial charge in [0.1, 0.15) is 18.1 Å². The van der Waals surface area contributed by atoms with Crippen LogP contribution in [0.1, 0.15) is 64.2 Å². The summed E-state index contributed by atoms with van der Waals surface area (Å²) in [6.45, 7) is 3.27. The van der Waals surface area contributed by atoms with Gasteiger partial charge >= 0.3 is 6.18 Å². The first-order valence-corrected chi connectivity index (χ1v) is 15.4.